The lowest BCUT2D eigenvalue weighted by molar-refractivity contribution is -0.142. The topological polar surface area (TPSA) is 83.5 Å². The smallest absolute Gasteiger partial charge is 0.323 e. The molecular weight excluding hydrogens is 194 g/mol. The van der Waals surface area contributed by atoms with Crippen molar-refractivity contribution in [3.63, 3.8) is 0 Å². The first-order valence-corrected chi connectivity index (χ1v) is 4.64. The maximum atomic E-state index is 10.8. The average Bonchev–Trinajstić information content (AvgIpc) is 2.09. The molecule has 0 aliphatic heterocycles. The Labute approximate surface area is 88.3 Å². The molecule has 4 N–H and O–H groups in total. The number of nitrogens with two attached hydrogens (primary N) is 1. The lowest BCUT2D eigenvalue weighted by atomic mass is 9.91. The van der Waals surface area contributed by atoms with E-state index in [0.29, 0.717) is 0 Å². The molecular formula is C11H15NO3. The first kappa shape index (κ1) is 11.5. The fourth-order valence-corrected chi connectivity index (χ4v) is 1.35. The number of phenols is 1. The van der Waals surface area contributed by atoms with Crippen molar-refractivity contribution in [1.82, 2.24) is 0 Å². The minimum absolute atomic E-state index is 0.172. The van der Waals surface area contributed by atoms with Crippen LogP contribution < -0.4 is 5.73 Å². The zero-order chi connectivity index (χ0) is 11.6. The molecule has 4 heteroatoms. The van der Waals surface area contributed by atoms with Gasteiger partial charge in [0, 0.05) is 6.42 Å². The van der Waals surface area contributed by atoms with Crippen LogP contribution in [-0.2, 0) is 11.2 Å². The van der Waals surface area contributed by atoms with Crippen LogP contribution in [-0.4, -0.2) is 21.7 Å². The lowest BCUT2D eigenvalue weighted by Crippen LogP contribution is -2.46. The molecule has 0 fully saturated rings. The van der Waals surface area contributed by atoms with Gasteiger partial charge in [0.2, 0.25) is 0 Å². The van der Waals surface area contributed by atoms with Crippen molar-refractivity contribution in [1.29, 1.82) is 0 Å². The van der Waals surface area contributed by atoms with E-state index in [1.165, 1.54) is 13.0 Å². The van der Waals surface area contributed by atoms with Crippen LogP contribution in [0.1, 0.15) is 18.1 Å². The minimum atomic E-state index is -1.28. The number of carboxylic acids is 1. The Kier molecular flexibility index (Phi) is 3.00. The summed E-state index contributed by atoms with van der Waals surface area (Å²) >= 11 is 0. The quantitative estimate of drug-likeness (QED) is 0.694. The molecule has 1 rings (SSSR count). The molecule has 15 heavy (non-hydrogen) atoms. The van der Waals surface area contributed by atoms with Crippen LogP contribution in [0.5, 0.6) is 5.75 Å². The fourth-order valence-electron chi connectivity index (χ4n) is 1.35. The first-order chi connectivity index (χ1) is 6.83. The highest BCUT2D eigenvalue weighted by atomic mass is 16.4. The van der Waals surface area contributed by atoms with E-state index in [-0.39, 0.29) is 12.2 Å². The molecule has 0 aromatic heterocycles. The molecule has 0 heterocycles. The summed E-state index contributed by atoms with van der Waals surface area (Å²) in [5, 5.41) is 18.1. The molecule has 0 saturated carbocycles. The summed E-state index contributed by atoms with van der Waals surface area (Å²) in [4.78, 5) is 10.8. The number of benzene rings is 1. The molecule has 0 aliphatic rings. The van der Waals surface area contributed by atoms with Gasteiger partial charge in [0.15, 0.2) is 0 Å². The highest BCUT2D eigenvalue weighted by Gasteiger charge is 2.28. The van der Waals surface area contributed by atoms with Gasteiger partial charge in [-0.2, -0.15) is 0 Å². The number of rotatable bonds is 3. The van der Waals surface area contributed by atoms with Crippen LogP contribution in [0.2, 0.25) is 0 Å². The van der Waals surface area contributed by atoms with E-state index in [9.17, 15) is 9.90 Å². The van der Waals surface area contributed by atoms with Crippen molar-refractivity contribution in [3.8, 4) is 5.75 Å². The third kappa shape index (κ3) is 2.70. The van der Waals surface area contributed by atoms with Crippen molar-refractivity contribution in [2.24, 2.45) is 5.73 Å². The zero-order valence-electron chi connectivity index (χ0n) is 8.82. The van der Waals surface area contributed by atoms with Gasteiger partial charge in [-0.1, -0.05) is 6.07 Å². The SMILES string of the molecule is Cc1cc(O)ccc1CC(C)(N)C(=O)O. The maximum absolute atomic E-state index is 10.8. The summed E-state index contributed by atoms with van der Waals surface area (Å²) in [6.45, 7) is 3.29. The Bertz CT molecular complexity index is 385. The first-order valence-electron chi connectivity index (χ1n) is 4.64. The second-order valence-electron chi connectivity index (χ2n) is 4.01. The van der Waals surface area contributed by atoms with Crippen LogP contribution in [0, 0.1) is 6.92 Å². The molecule has 0 bridgehead atoms. The number of aromatic hydroxyl groups is 1. The van der Waals surface area contributed by atoms with E-state index >= 15 is 0 Å². The van der Waals surface area contributed by atoms with Crippen LogP contribution in [0.4, 0.5) is 0 Å². The summed E-state index contributed by atoms with van der Waals surface area (Å²) < 4.78 is 0. The van der Waals surface area contributed by atoms with E-state index in [2.05, 4.69) is 0 Å². The van der Waals surface area contributed by atoms with Gasteiger partial charge in [-0.05, 0) is 37.1 Å². The lowest BCUT2D eigenvalue weighted by Gasteiger charge is -2.20. The number of hydrogen-bond acceptors (Lipinski definition) is 3. The predicted molar refractivity (Wildman–Crippen MR) is 56.8 cm³/mol. The van der Waals surface area contributed by atoms with Gasteiger partial charge in [0.05, 0.1) is 0 Å². The standard InChI is InChI=1S/C11H15NO3/c1-7-5-9(13)4-3-8(7)6-11(2,12)10(14)15/h3-5,13H,6,12H2,1-2H3,(H,14,15). The highest BCUT2D eigenvalue weighted by Crippen LogP contribution is 2.19. The predicted octanol–water partition coefficient (Wildman–Crippen LogP) is 1.05. The molecule has 1 atom stereocenters. The highest BCUT2D eigenvalue weighted by molar-refractivity contribution is 5.78. The Balaban J connectivity index is 2.95. The third-order valence-corrected chi connectivity index (χ3v) is 2.37. The van der Waals surface area contributed by atoms with Crippen molar-refractivity contribution < 1.29 is 15.0 Å². The monoisotopic (exact) mass is 209 g/mol. The summed E-state index contributed by atoms with van der Waals surface area (Å²) in [5.41, 5.74) is 6.03. The molecule has 0 aliphatic carbocycles. The van der Waals surface area contributed by atoms with E-state index in [1.807, 2.05) is 6.92 Å². The molecule has 4 nitrogen and oxygen atoms in total. The average molecular weight is 209 g/mol. The number of phenolic OH excluding ortho intramolecular Hbond substituents is 1. The number of carbonyl (C=O) groups is 1. The van der Waals surface area contributed by atoms with E-state index < -0.39 is 11.5 Å². The van der Waals surface area contributed by atoms with Gasteiger partial charge in [-0.25, -0.2) is 0 Å². The van der Waals surface area contributed by atoms with E-state index in [0.717, 1.165) is 11.1 Å². The van der Waals surface area contributed by atoms with E-state index in [1.54, 1.807) is 12.1 Å². The number of aliphatic carboxylic acids is 1. The largest absolute Gasteiger partial charge is 0.508 e. The summed E-state index contributed by atoms with van der Waals surface area (Å²) in [7, 11) is 0. The summed E-state index contributed by atoms with van der Waals surface area (Å²) in [5.74, 6) is -0.861. The summed E-state index contributed by atoms with van der Waals surface area (Å²) in [6.07, 6.45) is 0.244. The van der Waals surface area contributed by atoms with Crippen LogP contribution >= 0.6 is 0 Å². The maximum Gasteiger partial charge on any atom is 0.323 e. The van der Waals surface area contributed by atoms with Gasteiger partial charge in [0.25, 0.3) is 0 Å². The molecule has 1 aromatic carbocycles. The van der Waals surface area contributed by atoms with Crippen LogP contribution in [0.3, 0.4) is 0 Å². The van der Waals surface area contributed by atoms with Gasteiger partial charge in [0.1, 0.15) is 11.3 Å². The second kappa shape index (κ2) is 3.90. The molecule has 0 amide bonds. The minimum Gasteiger partial charge on any atom is -0.508 e. The third-order valence-electron chi connectivity index (χ3n) is 2.37. The second-order valence-corrected chi connectivity index (χ2v) is 4.01. The van der Waals surface area contributed by atoms with Crippen molar-refractivity contribution >= 4 is 5.97 Å². The number of aryl methyl sites for hydroxylation is 1. The fraction of sp³-hybridized carbons (Fsp3) is 0.364. The Morgan fingerprint density at radius 2 is 2.13 bits per heavy atom. The Hall–Kier alpha value is -1.55. The van der Waals surface area contributed by atoms with Gasteiger partial charge in [-0.15, -0.1) is 0 Å². The molecule has 0 saturated heterocycles. The van der Waals surface area contributed by atoms with Crippen LogP contribution in [0.15, 0.2) is 18.2 Å². The number of carboxylic acid groups (broad SMARTS) is 1. The Morgan fingerprint density at radius 1 is 1.53 bits per heavy atom. The van der Waals surface area contributed by atoms with E-state index in [4.69, 9.17) is 10.8 Å². The number of hydrogen-bond donors (Lipinski definition) is 3. The molecule has 82 valence electrons. The van der Waals surface area contributed by atoms with Crippen molar-refractivity contribution in [2.45, 2.75) is 25.8 Å². The zero-order valence-corrected chi connectivity index (χ0v) is 8.82. The molecule has 0 radical (unpaired) electrons. The van der Waals surface area contributed by atoms with Crippen molar-refractivity contribution in [3.05, 3.63) is 29.3 Å². The Morgan fingerprint density at radius 3 is 2.60 bits per heavy atom. The normalized spacial score (nSPS) is 14.6. The molecule has 1 unspecified atom stereocenters. The molecule has 0 spiro atoms. The molecule has 1 aromatic rings. The van der Waals surface area contributed by atoms with Crippen LogP contribution in [0.25, 0.3) is 0 Å². The van der Waals surface area contributed by atoms with Gasteiger partial charge >= 0.3 is 5.97 Å². The van der Waals surface area contributed by atoms with Gasteiger partial charge in [-0.3, -0.25) is 4.79 Å². The summed E-state index contributed by atoms with van der Waals surface area (Å²) in [6, 6.07) is 4.81. The van der Waals surface area contributed by atoms with Crippen molar-refractivity contribution in [2.75, 3.05) is 0 Å². The van der Waals surface area contributed by atoms with Gasteiger partial charge < -0.3 is 15.9 Å².